The van der Waals surface area contributed by atoms with E-state index in [2.05, 4.69) is 20.9 Å². The molecule has 2 bridgehead atoms. The number of anilines is 1. The van der Waals surface area contributed by atoms with E-state index in [1.54, 1.807) is 31.3 Å². The summed E-state index contributed by atoms with van der Waals surface area (Å²) in [5.41, 5.74) is 5.50. The molecule has 4 aromatic rings. The Bertz CT molecular complexity index is 1900. The van der Waals surface area contributed by atoms with Gasteiger partial charge in [-0.2, -0.15) is 0 Å². The molecular formula is C45H54N4O7. The van der Waals surface area contributed by atoms with Crippen LogP contribution in [0.25, 0.3) is 6.08 Å². The number of carbonyl (C=O) groups is 3. The molecule has 1 aliphatic carbocycles. The van der Waals surface area contributed by atoms with Crippen LogP contribution in [0.5, 0.6) is 11.5 Å². The van der Waals surface area contributed by atoms with Crippen LogP contribution in [0.15, 0.2) is 91.0 Å². The van der Waals surface area contributed by atoms with Gasteiger partial charge in [0, 0.05) is 25.7 Å². The summed E-state index contributed by atoms with van der Waals surface area (Å²) in [5.74, 6) is 1.01. The number of aliphatic hydroxyl groups excluding tert-OH is 1. The lowest BCUT2D eigenvalue weighted by atomic mass is 9.89. The molecule has 2 unspecified atom stereocenters. The first kappa shape index (κ1) is 41.7. The fraction of sp³-hybridized carbons (Fsp3) is 0.356. The van der Waals surface area contributed by atoms with Gasteiger partial charge in [0.1, 0.15) is 24.4 Å². The number of rotatable bonds is 14. The number of carboxylic acids is 1. The number of aliphatic carboxylic acids is 1. The second-order valence-electron chi connectivity index (χ2n) is 14.5. The average molecular weight is 763 g/mol. The minimum absolute atomic E-state index is 0.0541. The van der Waals surface area contributed by atoms with Gasteiger partial charge in [-0.15, -0.1) is 0 Å². The summed E-state index contributed by atoms with van der Waals surface area (Å²) in [5, 5.41) is 38.6. The normalized spacial score (nSPS) is 19.7. The van der Waals surface area contributed by atoms with E-state index >= 15 is 0 Å². The van der Waals surface area contributed by atoms with Gasteiger partial charge in [0.15, 0.2) is 5.54 Å². The number of carboxylic acid groups (broad SMARTS) is 1. The molecule has 3 saturated heterocycles. The minimum atomic E-state index is -1.22. The molecule has 4 aliphatic rings. The van der Waals surface area contributed by atoms with E-state index in [1.165, 1.54) is 56.6 Å². The summed E-state index contributed by atoms with van der Waals surface area (Å²) < 4.78 is 5.82. The van der Waals surface area contributed by atoms with Crippen LogP contribution in [0.1, 0.15) is 70.7 Å². The third-order valence-corrected chi connectivity index (χ3v) is 10.8. The molecule has 2 atom stereocenters. The van der Waals surface area contributed by atoms with Crippen molar-refractivity contribution in [2.24, 2.45) is 5.92 Å². The number of nitrogens with zero attached hydrogens (tertiary/aromatic N) is 1. The highest BCUT2D eigenvalue weighted by atomic mass is 16.5. The maximum absolute atomic E-state index is 11.3. The number of hydrogen-bond acceptors (Lipinski definition) is 9. The fourth-order valence-corrected chi connectivity index (χ4v) is 7.52. The molecule has 6 N–H and O–H groups in total. The predicted octanol–water partition coefficient (Wildman–Crippen LogP) is 6.12. The minimum Gasteiger partial charge on any atom is -0.506 e. The Labute approximate surface area is 329 Å². The zero-order chi connectivity index (χ0) is 39.9. The maximum Gasteiger partial charge on any atom is 0.334 e. The lowest BCUT2D eigenvalue weighted by molar-refractivity contribution is -0.146. The Morgan fingerprint density at radius 2 is 1.62 bits per heavy atom. The van der Waals surface area contributed by atoms with Crippen molar-refractivity contribution in [2.45, 2.75) is 63.8 Å². The van der Waals surface area contributed by atoms with E-state index in [0.717, 1.165) is 28.4 Å². The van der Waals surface area contributed by atoms with E-state index in [9.17, 15) is 29.7 Å². The number of piperidine rings is 3. The molecule has 0 aromatic heterocycles. The van der Waals surface area contributed by atoms with Gasteiger partial charge < -0.3 is 40.9 Å². The van der Waals surface area contributed by atoms with Crippen LogP contribution in [0, 0.1) is 12.8 Å². The number of ether oxygens (including phenoxy) is 1. The van der Waals surface area contributed by atoms with Crippen molar-refractivity contribution in [3.8, 4) is 11.5 Å². The highest BCUT2D eigenvalue weighted by Gasteiger charge is 2.45. The Balaban J connectivity index is 0.000000210. The standard InChI is InChI=1S/C27H30N2O4.C11H11NO3.C7H13N/c1-19-5-11-22(12-6-19)33-18-21-9-7-20(8-10-21)16-29-17-26(32)23-13-14-25(31)27(28-2)24(23)4-3-15-30;13-7-12-11(10(14)15)6-5-8-3-1-2-4-9(8)11;1-4-8-5-2-7(1)3-6-8/h3-15,26,28-29,31-32H,16-18H2,1-2H3;1-4,7H,5-6H2,(H,12,13)(H,14,15);7H,1-6H2/b4-3-;;. The zero-order valence-electron chi connectivity index (χ0n) is 32.2. The van der Waals surface area contributed by atoms with E-state index in [0.29, 0.717) is 67.6 Å². The molecule has 11 heteroatoms. The summed E-state index contributed by atoms with van der Waals surface area (Å²) in [6, 6.07) is 26.6. The number of aryl methyl sites for hydroxylation is 2. The molecule has 3 heterocycles. The van der Waals surface area contributed by atoms with E-state index in [1.807, 2.05) is 67.6 Å². The molecule has 3 aliphatic heterocycles. The number of aromatic hydroxyl groups is 1. The lowest BCUT2D eigenvalue weighted by Crippen LogP contribution is -2.46. The van der Waals surface area contributed by atoms with Crippen molar-refractivity contribution >= 4 is 30.4 Å². The molecular weight excluding hydrogens is 709 g/mol. The second-order valence-corrected chi connectivity index (χ2v) is 14.5. The molecule has 4 aromatic carbocycles. The van der Waals surface area contributed by atoms with Crippen molar-refractivity contribution in [1.29, 1.82) is 0 Å². The molecule has 0 saturated carbocycles. The van der Waals surface area contributed by atoms with Crippen molar-refractivity contribution in [3.05, 3.63) is 130 Å². The second kappa shape index (κ2) is 20.4. The molecule has 11 nitrogen and oxygen atoms in total. The average Bonchev–Trinajstić information content (AvgIpc) is 3.61. The van der Waals surface area contributed by atoms with Gasteiger partial charge >= 0.3 is 5.97 Å². The summed E-state index contributed by atoms with van der Waals surface area (Å²) in [6.45, 7) is 7.63. The van der Waals surface area contributed by atoms with Crippen LogP contribution >= 0.6 is 0 Å². The summed E-state index contributed by atoms with van der Waals surface area (Å²) in [4.78, 5) is 35.1. The van der Waals surface area contributed by atoms with E-state index in [4.69, 9.17) is 4.74 Å². The van der Waals surface area contributed by atoms with Gasteiger partial charge in [-0.3, -0.25) is 9.59 Å². The fourth-order valence-electron chi connectivity index (χ4n) is 7.52. The van der Waals surface area contributed by atoms with Crippen LogP contribution in [0.4, 0.5) is 5.69 Å². The van der Waals surface area contributed by atoms with Crippen LogP contribution < -0.4 is 20.7 Å². The number of aldehydes is 1. The highest BCUT2D eigenvalue weighted by molar-refractivity contribution is 5.85. The number of aliphatic hydroxyl groups is 1. The van der Waals surface area contributed by atoms with Crippen LogP contribution in [0.2, 0.25) is 0 Å². The van der Waals surface area contributed by atoms with Crippen molar-refractivity contribution in [2.75, 3.05) is 38.5 Å². The largest absolute Gasteiger partial charge is 0.506 e. The van der Waals surface area contributed by atoms with Crippen molar-refractivity contribution in [1.82, 2.24) is 15.5 Å². The number of amides is 1. The number of fused-ring (bicyclic) bond motifs is 4. The van der Waals surface area contributed by atoms with Crippen molar-refractivity contribution in [3.63, 3.8) is 0 Å². The number of phenolic OH excluding ortho intramolecular Hbond substituents is 1. The number of phenols is 1. The third-order valence-electron chi connectivity index (χ3n) is 10.8. The Morgan fingerprint density at radius 3 is 2.21 bits per heavy atom. The summed E-state index contributed by atoms with van der Waals surface area (Å²) >= 11 is 0. The van der Waals surface area contributed by atoms with Gasteiger partial charge in [-0.25, -0.2) is 4.79 Å². The van der Waals surface area contributed by atoms with Crippen LogP contribution in [0.3, 0.4) is 0 Å². The lowest BCUT2D eigenvalue weighted by Gasteiger charge is -2.38. The molecule has 296 valence electrons. The molecule has 56 heavy (non-hydrogen) atoms. The van der Waals surface area contributed by atoms with Gasteiger partial charge in [0.25, 0.3) is 0 Å². The van der Waals surface area contributed by atoms with Gasteiger partial charge in [-0.1, -0.05) is 72.3 Å². The predicted molar refractivity (Wildman–Crippen MR) is 218 cm³/mol. The molecule has 8 rings (SSSR count). The number of hydrogen-bond donors (Lipinski definition) is 6. The maximum atomic E-state index is 11.3. The first-order chi connectivity index (χ1) is 27.2. The van der Waals surface area contributed by atoms with Crippen molar-refractivity contribution < 1.29 is 34.4 Å². The SMILES string of the molecule is C1CN2CCC1CC2.CNc1c(O)ccc(C(O)CNCc2ccc(COc3ccc(C)cc3)cc2)c1/C=C\C=O.O=CNC1(C(=O)O)CCc2ccccc21. The smallest absolute Gasteiger partial charge is 0.334 e. The Hall–Kier alpha value is -5.49. The van der Waals surface area contributed by atoms with Gasteiger partial charge in [-0.05, 0) is 123 Å². The van der Waals surface area contributed by atoms with E-state index < -0.39 is 17.6 Å². The number of allylic oxidation sites excluding steroid dienone is 1. The quantitative estimate of drug-likeness (QED) is 0.0502. The Morgan fingerprint density at radius 1 is 0.946 bits per heavy atom. The molecule has 1 amide bonds. The first-order valence-corrected chi connectivity index (χ1v) is 19.2. The Kier molecular flexibility index (Phi) is 15.2. The van der Waals surface area contributed by atoms with E-state index in [-0.39, 0.29) is 5.75 Å². The first-order valence-electron chi connectivity index (χ1n) is 19.2. The number of nitrogens with one attached hydrogen (secondary N) is 3. The topological polar surface area (TPSA) is 160 Å². The third kappa shape index (κ3) is 10.8. The summed E-state index contributed by atoms with van der Waals surface area (Å²) in [6.07, 6.45) is 8.77. The molecule has 0 spiro atoms. The molecule has 0 radical (unpaired) electrons. The zero-order valence-corrected chi connectivity index (χ0v) is 32.2. The highest BCUT2D eigenvalue weighted by Crippen LogP contribution is 2.37. The van der Waals surface area contributed by atoms with Crippen LogP contribution in [-0.4, -0.2) is 72.1 Å². The summed E-state index contributed by atoms with van der Waals surface area (Å²) in [7, 11) is 1.68. The van der Waals surface area contributed by atoms with Gasteiger partial charge in [0.2, 0.25) is 6.41 Å². The number of benzene rings is 4. The monoisotopic (exact) mass is 762 g/mol. The number of carbonyl (C=O) groups excluding carboxylic acids is 2. The van der Waals surface area contributed by atoms with Gasteiger partial charge in [0.05, 0.1) is 11.8 Å². The van der Waals surface area contributed by atoms with Crippen LogP contribution in [-0.2, 0) is 39.5 Å². The molecule has 3 fully saturated rings.